The first-order valence-corrected chi connectivity index (χ1v) is 6.63. The zero-order valence-electron chi connectivity index (χ0n) is 11.9. The number of aromatic carboxylic acids is 1. The smallest absolute Gasteiger partial charge is 0.336 e. The van der Waals surface area contributed by atoms with Crippen molar-refractivity contribution in [3.63, 3.8) is 0 Å². The summed E-state index contributed by atoms with van der Waals surface area (Å²) in [5, 5.41) is 9.13. The molecule has 2 rings (SSSR count). The van der Waals surface area contributed by atoms with E-state index in [1.807, 2.05) is 13.8 Å². The molecule has 0 aromatic heterocycles. The van der Waals surface area contributed by atoms with Gasteiger partial charge in [0.2, 0.25) is 0 Å². The molecule has 4 nitrogen and oxygen atoms in total. The molecule has 0 radical (unpaired) electrons. The lowest BCUT2D eigenvalue weighted by Crippen LogP contribution is -2.10. The molecule has 2 aromatic rings. The van der Waals surface area contributed by atoms with E-state index < -0.39 is 5.97 Å². The SMILES string of the molecule is CC(C)Oc1ccc(C(=O)c2ccccc2C(=O)O)cc1. The van der Waals surface area contributed by atoms with E-state index >= 15 is 0 Å². The number of carbonyl (C=O) groups is 2. The fraction of sp³-hybridized carbons (Fsp3) is 0.176. The van der Waals surface area contributed by atoms with Crippen LogP contribution in [0.3, 0.4) is 0 Å². The number of ketones is 1. The van der Waals surface area contributed by atoms with E-state index in [0.717, 1.165) is 0 Å². The van der Waals surface area contributed by atoms with Gasteiger partial charge >= 0.3 is 5.97 Å². The van der Waals surface area contributed by atoms with Gasteiger partial charge in [-0.05, 0) is 44.2 Å². The van der Waals surface area contributed by atoms with Crippen LogP contribution >= 0.6 is 0 Å². The van der Waals surface area contributed by atoms with E-state index in [-0.39, 0.29) is 23.0 Å². The van der Waals surface area contributed by atoms with Gasteiger partial charge in [0.05, 0.1) is 11.7 Å². The predicted molar refractivity (Wildman–Crippen MR) is 79.0 cm³/mol. The van der Waals surface area contributed by atoms with Gasteiger partial charge in [-0.2, -0.15) is 0 Å². The Bertz CT molecular complexity index is 657. The van der Waals surface area contributed by atoms with Gasteiger partial charge in [0.25, 0.3) is 0 Å². The Hall–Kier alpha value is -2.62. The number of carbonyl (C=O) groups excluding carboxylic acids is 1. The van der Waals surface area contributed by atoms with Gasteiger partial charge in [-0.1, -0.05) is 18.2 Å². The number of hydrogen-bond donors (Lipinski definition) is 1. The normalized spacial score (nSPS) is 10.4. The first-order valence-electron chi connectivity index (χ1n) is 6.63. The third kappa shape index (κ3) is 3.48. The summed E-state index contributed by atoms with van der Waals surface area (Å²) in [5.41, 5.74) is 0.618. The first kappa shape index (κ1) is 14.8. The predicted octanol–water partition coefficient (Wildman–Crippen LogP) is 3.40. The van der Waals surface area contributed by atoms with Crippen molar-refractivity contribution in [3.05, 3.63) is 65.2 Å². The molecule has 21 heavy (non-hydrogen) atoms. The summed E-state index contributed by atoms with van der Waals surface area (Å²) < 4.78 is 5.51. The molecule has 0 amide bonds. The fourth-order valence-electron chi connectivity index (χ4n) is 1.98. The van der Waals surface area contributed by atoms with Crippen LogP contribution in [0.1, 0.15) is 40.1 Å². The molecule has 0 fully saturated rings. The van der Waals surface area contributed by atoms with Crippen molar-refractivity contribution < 1.29 is 19.4 Å². The topological polar surface area (TPSA) is 63.6 Å². The summed E-state index contributed by atoms with van der Waals surface area (Å²) in [4.78, 5) is 23.6. The highest BCUT2D eigenvalue weighted by molar-refractivity contribution is 6.14. The molecule has 0 unspecified atom stereocenters. The quantitative estimate of drug-likeness (QED) is 0.855. The zero-order valence-corrected chi connectivity index (χ0v) is 11.9. The van der Waals surface area contributed by atoms with Crippen molar-refractivity contribution in [2.45, 2.75) is 20.0 Å². The largest absolute Gasteiger partial charge is 0.491 e. The van der Waals surface area contributed by atoms with E-state index in [4.69, 9.17) is 9.84 Å². The molecule has 108 valence electrons. The second-order valence-corrected chi connectivity index (χ2v) is 4.87. The van der Waals surface area contributed by atoms with Crippen molar-refractivity contribution >= 4 is 11.8 Å². The van der Waals surface area contributed by atoms with Crippen molar-refractivity contribution in [3.8, 4) is 5.75 Å². The van der Waals surface area contributed by atoms with Crippen molar-refractivity contribution in [2.75, 3.05) is 0 Å². The molecule has 2 aromatic carbocycles. The van der Waals surface area contributed by atoms with E-state index in [1.165, 1.54) is 12.1 Å². The van der Waals surface area contributed by atoms with Crippen LogP contribution < -0.4 is 4.74 Å². The van der Waals surface area contributed by atoms with Crippen LogP contribution in [0.2, 0.25) is 0 Å². The summed E-state index contributed by atoms with van der Waals surface area (Å²) in [6.07, 6.45) is 0.0549. The van der Waals surface area contributed by atoms with Gasteiger partial charge < -0.3 is 9.84 Å². The standard InChI is InChI=1S/C17H16O4/c1-11(2)21-13-9-7-12(8-10-13)16(18)14-5-3-4-6-15(14)17(19)20/h3-11H,1-2H3,(H,19,20). The Labute approximate surface area is 123 Å². The van der Waals surface area contributed by atoms with Gasteiger partial charge in [0, 0.05) is 11.1 Å². The van der Waals surface area contributed by atoms with Crippen molar-refractivity contribution in [1.29, 1.82) is 0 Å². The second kappa shape index (κ2) is 6.22. The number of carboxylic acids is 1. The second-order valence-electron chi connectivity index (χ2n) is 4.87. The summed E-state index contributed by atoms with van der Waals surface area (Å²) in [6.45, 7) is 3.84. The van der Waals surface area contributed by atoms with Crippen LogP contribution in [0.4, 0.5) is 0 Å². The molecule has 0 aliphatic heterocycles. The van der Waals surface area contributed by atoms with Crippen LogP contribution in [0.5, 0.6) is 5.75 Å². The maximum atomic E-state index is 12.4. The van der Waals surface area contributed by atoms with Gasteiger partial charge in [-0.3, -0.25) is 4.79 Å². The highest BCUT2D eigenvalue weighted by Crippen LogP contribution is 2.18. The lowest BCUT2D eigenvalue weighted by Gasteiger charge is -2.10. The Morgan fingerprint density at radius 1 is 0.952 bits per heavy atom. The maximum Gasteiger partial charge on any atom is 0.336 e. The van der Waals surface area contributed by atoms with Crippen molar-refractivity contribution in [2.24, 2.45) is 0 Å². The molecule has 4 heteroatoms. The molecule has 0 aliphatic carbocycles. The van der Waals surface area contributed by atoms with Crippen molar-refractivity contribution in [1.82, 2.24) is 0 Å². The zero-order chi connectivity index (χ0) is 15.4. The number of ether oxygens (including phenoxy) is 1. The molecular weight excluding hydrogens is 268 g/mol. The molecule has 0 atom stereocenters. The Morgan fingerprint density at radius 3 is 2.05 bits per heavy atom. The lowest BCUT2D eigenvalue weighted by molar-refractivity contribution is 0.0693. The van der Waals surface area contributed by atoms with Crippen LogP contribution in [0, 0.1) is 0 Å². The van der Waals surface area contributed by atoms with E-state index in [0.29, 0.717) is 11.3 Å². The molecular formula is C17H16O4. The highest BCUT2D eigenvalue weighted by Gasteiger charge is 2.17. The number of benzene rings is 2. The van der Waals surface area contributed by atoms with Crippen LogP contribution in [0.25, 0.3) is 0 Å². The van der Waals surface area contributed by atoms with Crippen LogP contribution in [-0.4, -0.2) is 23.0 Å². The summed E-state index contributed by atoms with van der Waals surface area (Å²) >= 11 is 0. The van der Waals surface area contributed by atoms with E-state index in [1.54, 1.807) is 36.4 Å². The van der Waals surface area contributed by atoms with Crippen LogP contribution in [-0.2, 0) is 0 Å². The Kier molecular flexibility index (Phi) is 4.38. The lowest BCUT2D eigenvalue weighted by atomic mass is 9.98. The summed E-state index contributed by atoms with van der Waals surface area (Å²) in [7, 11) is 0. The molecule has 0 aliphatic rings. The van der Waals surface area contributed by atoms with Crippen LogP contribution in [0.15, 0.2) is 48.5 Å². The highest BCUT2D eigenvalue weighted by atomic mass is 16.5. The average Bonchev–Trinajstić information content (AvgIpc) is 2.46. The van der Waals surface area contributed by atoms with E-state index in [2.05, 4.69) is 0 Å². The molecule has 1 N–H and O–H groups in total. The molecule has 0 saturated carbocycles. The molecule has 0 bridgehead atoms. The Morgan fingerprint density at radius 2 is 1.52 bits per heavy atom. The fourth-order valence-corrected chi connectivity index (χ4v) is 1.98. The summed E-state index contributed by atoms with van der Waals surface area (Å²) in [6, 6.07) is 12.9. The maximum absolute atomic E-state index is 12.4. The average molecular weight is 284 g/mol. The minimum absolute atomic E-state index is 0.00464. The first-order chi connectivity index (χ1) is 9.99. The molecule has 0 heterocycles. The number of rotatable bonds is 5. The van der Waals surface area contributed by atoms with Gasteiger partial charge in [-0.15, -0.1) is 0 Å². The van der Waals surface area contributed by atoms with Gasteiger partial charge in [0.15, 0.2) is 5.78 Å². The number of carboxylic acid groups (broad SMARTS) is 1. The monoisotopic (exact) mass is 284 g/mol. The van der Waals surface area contributed by atoms with Gasteiger partial charge in [-0.25, -0.2) is 4.79 Å². The minimum Gasteiger partial charge on any atom is -0.491 e. The van der Waals surface area contributed by atoms with E-state index in [9.17, 15) is 9.59 Å². The third-order valence-corrected chi connectivity index (χ3v) is 2.89. The summed E-state index contributed by atoms with van der Waals surface area (Å²) in [5.74, 6) is -0.754. The minimum atomic E-state index is -1.11. The third-order valence-electron chi connectivity index (χ3n) is 2.89. The Balaban J connectivity index is 2.30. The molecule has 0 spiro atoms. The molecule has 0 saturated heterocycles. The van der Waals surface area contributed by atoms with Gasteiger partial charge in [0.1, 0.15) is 5.75 Å². The number of hydrogen-bond acceptors (Lipinski definition) is 3.